The van der Waals surface area contributed by atoms with Crippen LogP contribution in [-0.2, 0) is 0 Å². The molecule has 1 saturated carbocycles. The van der Waals surface area contributed by atoms with Crippen LogP contribution in [0.2, 0.25) is 0 Å². The van der Waals surface area contributed by atoms with Crippen LogP contribution in [0.15, 0.2) is 4.52 Å². The molecule has 1 aliphatic rings. The van der Waals surface area contributed by atoms with Gasteiger partial charge in [0, 0.05) is 6.04 Å². The first-order valence-corrected chi connectivity index (χ1v) is 4.82. The summed E-state index contributed by atoms with van der Waals surface area (Å²) in [5.74, 6) is 1.40. The minimum atomic E-state index is 0.187. The summed E-state index contributed by atoms with van der Waals surface area (Å²) in [7, 11) is 0. The Hall–Kier alpha value is -0.900. The molecule has 13 heavy (non-hydrogen) atoms. The summed E-state index contributed by atoms with van der Waals surface area (Å²) in [6.07, 6.45) is 3.89. The average molecular weight is 181 g/mol. The van der Waals surface area contributed by atoms with Crippen LogP contribution in [-0.4, -0.2) is 16.2 Å². The van der Waals surface area contributed by atoms with Gasteiger partial charge in [-0.2, -0.15) is 4.98 Å². The van der Waals surface area contributed by atoms with E-state index in [9.17, 15) is 0 Å². The van der Waals surface area contributed by atoms with Gasteiger partial charge in [0.2, 0.25) is 5.89 Å². The third-order valence-corrected chi connectivity index (χ3v) is 2.50. The lowest BCUT2D eigenvalue weighted by atomic mass is 9.92. The maximum atomic E-state index is 5.07. The molecule has 1 aromatic heterocycles. The number of aromatic nitrogens is 2. The van der Waals surface area contributed by atoms with E-state index in [-0.39, 0.29) is 6.04 Å². The number of nitrogens with zero attached hydrogens (tertiary/aromatic N) is 2. The largest absolute Gasteiger partial charge is 0.338 e. The second kappa shape index (κ2) is 3.46. The Morgan fingerprint density at radius 1 is 1.54 bits per heavy atom. The normalized spacial score (nSPS) is 19.8. The third kappa shape index (κ3) is 1.88. The molecule has 1 unspecified atom stereocenters. The van der Waals surface area contributed by atoms with Crippen molar-refractivity contribution in [2.24, 2.45) is 0 Å². The standard InChI is InChI=1S/C9H15N3O/c1-6(10-8-4-3-5-8)9-11-7(2)12-13-9/h6,8,10H,3-5H2,1-2H3. The first-order chi connectivity index (χ1) is 6.25. The molecule has 0 spiro atoms. The van der Waals surface area contributed by atoms with Crippen LogP contribution >= 0.6 is 0 Å². The molecule has 1 atom stereocenters. The molecule has 4 heteroatoms. The molecule has 4 nitrogen and oxygen atoms in total. The van der Waals surface area contributed by atoms with E-state index in [0.717, 1.165) is 0 Å². The molecule has 72 valence electrons. The highest BCUT2D eigenvalue weighted by atomic mass is 16.5. The van der Waals surface area contributed by atoms with E-state index in [0.29, 0.717) is 17.8 Å². The predicted molar refractivity (Wildman–Crippen MR) is 48.2 cm³/mol. The molecule has 1 N–H and O–H groups in total. The molecule has 0 saturated heterocycles. The molecule has 1 heterocycles. The van der Waals surface area contributed by atoms with Crippen LogP contribution in [0, 0.1) is 6.92 Å². The van der Waals surface area contributed by atoms with Crippen molar-refractivity contribution >= 4 is 0 Å². The number of hydrogen-bond acceptors (Lipinski definition) is 4. The third-order valence-electron chi connectivity index (χ3n) is 2.50. The Morgan fingerprint density at radius 2 is 2.31 bits per heavy atom. The van der Waals surface area contributed by atoms with Crippen molar-refractivity contribution in [1.82, 2.24) is 15.5 Å². The number of hydrogen-bond donors (Lipinski definition) is 1. The lowest BCUT2D eigenvalue weighted by Crippen LogP contribution is -2.36. The highest BCUT2D eigenvalue weighted by molar-refractivity contribution is 4.91. The zero-order chi connectivity index (χ0) is 9.26. The van der Waals surface area contributed by atoms with Crippen LogP contribution in [0.1, 0.15) is 43.9 Å². The summed E-state index contributed by atoms with van der Waals surface area (Å²) in [6, 6.07) is 0.841. The zero-order valence-electron chi connectivity index (χ0n) is 8.08. The summed E-state index contributed by atoms with van der Waals surface area (Å²) in [5.41, 5.74) is 0. The van der Waals surface area contributed by atoms with Crippen molar-refractivity contribution < 1.29 is 4.52 Å². The number of aryl methyl sites for hydroxylation is 1. The van der Waals surface area contributed by atoms with Gasteiger partial charge in [0.15, 0.2) is 5.82 Å². The first-order valence-electron chi connectivity index (χ1n) is 4.82. The SMILES string of the molecule is Cc1noc(C(C)NC2CCC2)n1. The molecule has 0 bridgehead atoms. The lowest BCUT2D eigenvalue weighted by Gasteiger charge is -2.28. The maximum absolute atomic E-state index is 5.07. The van der Waals surface area contributed by atoms with Crippen molar-refractivity contribution in [1.29, 1.82) is 0 Å². The Kier molecular flexibility index (Phi) is 2.31. The molecule has 1 aromatic rings. The zero-order valence-corrected chi connectivity index (χ0v) is 8.08. The van der Waals surface area contributed by atoms with Gasteiger partial charge in [-0.1, -0.05) is 11.6 Å². The second-order valence-corrected chi connectivity index (χ2v) is 3.70. The van der Waals surface area contributed by atoms with Crippen molar-refractivity contribution in [3.63, 3.8) is 0 Å². The average Bonchev–Trinajstić information content (AvgIpc) is 2.44. The number of rotatable bonds is 3. The quantitative estimate of drug-likeness (QED) is 0.769. The Labute approximate surface area is 77.7 Å². The van der Waals surface area contributed by atoms with E-state index in [4.69, 9.17) is 4.52 Å². The topological polar surface area (TPSA) is 51.0 Å². The van der Waals surface area contributed by atoms with Crippen LogP contribution in [0.5, 0.6) is 0 Å². The molecule has 0 aliphatic heterocycles. The van der Waals surface area contributed by atoms with Gasteiger partial charge in [0.05, 0.1) is 6.04 Å². The lowest BCUT2D eigenvalue weighted by molar-refractivity contribution is 0.272. The van der Waals surface area contributed by atoms with Crippen molar-refractivity contribution in [3.05, 3.63) is 11.7 Å². The second-order valence-electron chi connectivity index (χ2n) is 3.70. The van der Waals surface area contributed by atoms with Gasteiger partial charge in [-0.3, -0.25) is 0 Å². The Balaban J connectivity index is 1.92. The van der Waals surface area contributed by atoms with Gasteiger partial charge in [-0.15, -0.1) is 0 Å². The van der Waals surface area contributed by atoms with Gasteiger partial charge in [0.25, 0.3) is 0 Å². The molecular formula is C9H15N3O. The van der Waals surface area contributed by atoms with Crippen LogP contribution < -0.4 is 5.32 Å². The fourth-order valence-corrected chi connectivity index (χ4v) is 1.49. The predicted octanol–water partition coefficient (Wildman–Crippen LogP) is 1.58. The Morgan fingerprint density at radius 3 is 2.77 bits per heavy atom. The van der Waals surface area contributed by atoms with E-state index in [1.54, 1.807) is 0 Å². The summed E-state index contributed by atoms with van der Waals surface area (Å²) < 4.78 is 5.07. The summed E-state index contributed by atoms with van der Waals surface area (Å²) >= 11 is 0. The highest BCUT2D eigenvalue weighted by Crippen LogP contribution is 2.21. The smallest absolute Gasteiger partial charge is 0.243 e. The van der Waals surface area contributed by atoms with Crippen molar-refractivity contribution in [2.45, 2.75) is 45.2 Å². The van der Waals surface area contributed by atoms with Crippen molar-refractivity contribution in [2.75, 3.05) is 0 Å². The first kappa shape index (κ1) is 8.69. The van der Waals surface area contributed by atoms with Gasteiger partial charge in [-0.25, -0.2) is 0 Å². The summed E-state index contributed by atoms with van der Waals surface area (Å²) in [4.78, 5) is 4.18. The minimum absolute atomic E-state index is 0.187. The molecule has 0 aromatic carbocycles. The Bertz CT molecular complexity index is 280. The molecule has 0 amide bonds. The molecule has 2 rings (SSSR count). The van der Waals surface area contributed by atoms with E-state index in [1.807, 2.05) is 6.92 Å². The van der Waals surface area contributed by atoms with Gasteiger partial charge < -0.3 is 9.84 Å². The van der Waals surface area contributed by atoms with Crippen LogP contribution in [0.3, 0.4) is 0 Å². The van der Waals surface area contributed by atoms with Crippen molar-refractivity contribution in [3.8, 4) is 0 Å². The number of nitrogens with one attached hydrogen (secondary N) is 1. The monoisotopic (exact) mass is 181 g/mol. The minimum Gasteiger partial charge on any atom is -0.338 e. The van der Waals surface area contributed by atoms with Crippen LogP contribution in [0.25, 0.3) is 0 Å². The summed E-state index contributed by atoms with van der Waals surface area (Å²) in [6.45, 7) is 3.90. The van der Waals surface area contributed by atoms with Gasteiger partial charge in [0.1, 0.15) is 0 Å². The van der Waals surface area contributed by atoms with E-state index in [1.165, 1.54) is 19.3 Å². The molecular weight excluding hydrogens is 166 g/mol. The highest BCUT2D eigenvalue weighted by Gasteiger charge is 2.22. The molecule has 1 fully saturated rings. The van der Waals surface area contributed by atoms with Gasteiger partial charge in [-0.05, 0) is 26.7 Å². The van der Waals surface area contributed by atoms with E-state index >= 15 is 0 Å². The molecule has 0 radical (unpaired) electrons. The van der Waals surface area contributed by atoms with Gasteiger partial charge >= 0.3 is 0 Å². The van der Waals surface area contributed by atoms with E-state index in [2.05, 4.69) is 22.4 Å². The fourth-order valence-electron chi connectivity index (χ4n) is 1.49. The summed E-state index contributed by atoms with van der Waals surface area (Å²) in [5, 5.41) is 7.21. The van der Waals surface area contributed by atoms with E-state index < -0.39 is 0 Å². The molecule has 1 aliphatic carbocycles. The maximum Gasteiger partial charge on any atom is 0.243 e. The fraction of sp³-hybridized carbons (Fsp3) is 0.778. The van der Waals surface area contributed by atoms with Crippen LogP contribution in [0.4, 0.5) is 0 Å².